The van der Waals surface area contributed by atoms with Crippen molar-refractivity contribution in [2.24, 2.45) is 5.92 Å². The van der Waals surface area contributed by atoms with Crippen LogP contribution in [0, 0.1) is 5.92 Å². The summed E-state index contributed by atoms with van der Waals surface area (Å²) in [6, 6.07) is 1.70. The third kappa shape index (κ3) is 24.9. The fourth-order valence-electron chi connectivity index (χ4n) is 4.77. The molecule has 4 unspecified atom stereocenters. The molecule has 2 saturated heterocycles. The fourth-order valence-corrected chi connectivity index (χ4v) is 8.64. The molecular formula is C33H65O18PSi2. The molecule has 2 N–H and O–H groups in total. The average molecular weight is 837 g/mol. The Morgan fingerprint density at radius 3 is 1.67 bits per heavy atom. The van der Waals surface area contributed by atoms with E-state index in [4.69, 9.17) is 50.6 Å². The van der Waals surface area contributed by atoms with Gasteiger partial charge in [-0.05, 0) is 51.9 Å². The van der Waals surface area contributed by atoms with Gasteiger partial charge in [-0.3, -0.25) is 4.52 Å². The highest BCUT2D eigenvalue weighted by Crippen LogP contribution is 2.41. The number of carbonyl (C=O) groups is 2. The maximum absolute atomic E-state index is 10.7. The Morgan fingerprint density at radius 2 is 1.24 bits per heavy atom. The number of hydrogen-bond donors (Lipinski definition) is 2. The molecule has 2 aliphatic heterocycles. The number of hydrogen-bond acceptors (Lipinski definition) is 16. The Hall–Kier alpha value is -1.44. The van der Waals surface area contributed by atoms with Crippen molar-refractivity contribution < 1.29 is 83.4 Å². The van der Waals surface area contributed by atoms with Gasteiger partial charge in [-0.1, -0.05) is 13.2 Å². The van der Waals surface area contributed by atoms with E-state index in [1.54, 1.807) is 56.7 Å². The van der Waals surface area contributed by atoms with E-state index in [9.17, 15) is 14.2 Å². The van der Waals surface area contributed by atoms with Crippen LogP contribution in [0.2, 0.25) is 12.1 Å². The van der Waals surface area contributed by atoms with E-state index in [1.165, 1.54) is 26.2 Å². The fraction of sp³-hybridized carbons (Fsp3) is 0.818. The lowest BCUT2D eigenvalue weighted by molar-refractivity contribution is -0.140. The van der Waals surface area contributed by atoms with Crippen LogP contribution >= 0.6 is 7.82 Å². The van der Waals surface area contributed by atoms with Crippen molar-refractivity contribution in [1.29, 1.82) is 0 Å². The number of ether oxygens (including phenoxy) is 6. The summed E-state index contributed by atoms with van der Waals surface area (Å²) in [5.74, 6) is -0.220. The lowest BCUT2D eigenvalue weighted by Gasteiger charge is -2.27. The Bertz CT molecular complexity index is 1100. The first kappa shape index (κ1) is 52.6. The number of rotatable bonds is 24. The summed E-state index contributed by atoms with van der Waals surface area (Å²) in [5, 5.41) is 0. The van der Waals surface area contributed by atoms with Crippen LogP contribution in [0.15, 0.2) is 24.3 Å². The molecule has 4 atom stereocenters. The number of epoxide rings is 2. The van der Waals surface area contributed by atoms with Gasteiger partial charge in [0.1, 0.15) is 19.3 Å². The zero-order valence-corrected chi connectivity index (χ0v) is 36.4. The molecule has 54 heavy (non-hydrogen) atoms. The summed E-state index contributed by atoms with van der Waals surface area (Å²) in [6.45, 7) is 12.2. The Balaban J connectivity index is 0.000000704. The van der Waals surface area contributed by atoms with Crippen LogP contribution in [-0.2, 0) is 73.7 Å². The average Bonchev–Trinajstić information content (AvgIpc) is 4.09. The van der Waals surface area contributed by atoms with E-state index < -0.39 is 31.4 Å². The molecule has 21 heteroatoms. The molecule has 0 radical (unpaired) electrons. The van der Waals surface area contributed by atoms with Gasteiger partial charge in [-0.2, -0.15) is 0 Å². The van der Waals surface area contributed by atoms with E-state index in [0.29, 0.717) is 50.3 Å². The molecule has 318 valence electrons. The van der Waals surface area contributed by atoms with Crippen molar-refractivity contribution in [3.8, 4) is 0 Å². The predicted molar refractivity (Wildman–Crippen MR) is 200 cm³/mol. The minimum absolute atomic E-state index is 0.212. The van der Waals surface area contributed by atoms with Crippen LogP contribution in [-0.4, -0.2) is 154 Å². The maximum atomic E-state index is 10.7. The van der Waals surface area contributed by atoms with Crippen LogP contribution in [0.4, 0.5) is 0 Å². The van der Waals surface area contributed by atoms with Crippen molar-refractivity contribution in [3.05, 3.63) is 24.3 Å². The molecule has 3 aliphatic rings. The van der Waals surface area contributed by atoms with Gasteiger partial charge in [0.25, 0.3) is 0 Å². The van der Waals surface area contributed by atoms with Crippen molar-refractivity contribution in [3.63, 3.8) is 0 Å². The first-order chi connectivity index (χ1) is 25.5. The van der Waals surface area contributed by atoms with Gasteiger partial charge in [0.05, 0.1) is 38.6 Å². The molecule has 0 aromatic heterocycles. The molecule has 1 saturated carbocycles. The normalized spacial score (nSPS) is 20.0. The smallest absolute Gasteiger partial charge is 0.460 e. The molecule has 3 rings (SSSR count). The summed E-state index contributed by atoms with van der Waals surface area (Å²) in [4.78, 5) is 37.8. The molecule has 3 fully saturated rings. The second kappa shape index (κ2) is 28.9. The molecule has 0 bridgehead atoms. The van der Waals surface area contributed by atoms with Gasteiger partial charge in [0.15, 0.2) is 0 Å². The SMILES string of the molecule is C=C(C)C(=O)OCCOC.C=C(C)C(=O)OCCOP(=O)(O)O.CO[Si](CCC1CCC2OC2C1)(OC)OC.CO[Si](CCCOCC1CO1)(OC)OC. The van der Waals surface area contributed by atoms with E-state index in [2.05, 4.69) is 31.9 Å². The zero-order valence-electron chi connectivity index (χ0n) is 33.5. The molecule has 1 aliphatic carbocycles. The molecule has 0 aromatic rings. The van der Waals surface area contributed by atoms with Gasteiger partial charge in [-0.15, -0.1) is 0 Å². The van der Waals surface area contributed by atoms with Crippen LogP contribution in [0.3, 0.4) is 0 Å². The summed E-state index contributed by atoms with van der Waals surface area (Å²) in [7, 11) is 2.26. The Kier molecular flexibility index (Phi) is 28.1. The van der Waals surface area contributed by atoms with Gasteiger partial charge in [0.2, 0.25) is 0 Å². The number of phosphoric acid groups is 1. The minimum atomic E-state index is -4.46. The van der Waals surface area contributed by atoms with Crippen molar-refractivity contribution in [2.75, 3.05) is 96.0 Å². The monoisotopic (exact) mass is 836 g/mol. The lowest BCUT2D eigenvalue weighted by Crippen LogP contribution is -2.43. The van der Waals surface area contributed by atoms with Gasteiger partial charge >= 0.3 is 37.4 Å². The molecule has 0 aromatic carbocycles. The van der Waals surface area contributed by atoms with Crippen molar-refractivity contribution >= 4 is 37.4 Å². The highest BCUT2D eigenvalue weighted by atomic mass is 31.2. The largest absolute Gasteiger partial charge is 0.500 e. The topological polar surface area (TPSA) is 218 Å². The molecule has 18 nitrogen and oxygen atoms in total. The van der Waals surface area contributed by atoms with Gasteiger partial charge < -0.3 is 64.8 Å². The summed E-state index contributed by atoms with van der Waals surface area (Å²) < 4.78 is 76.1. The second-order valence-electron chi connectivity index (χ2n) is 12.3. The first-order valence-corrected chi connectivity index (χ1v) is 22.9. The molecule has 0 spiro atoms. The number of methoxy groups -OCH3 is 1. The van der Waals surface area contributed by atoms with Crippen molar-refractivity contribution in [1.82, 2.24) is 0 Å². The quantitative estimate of drug-likeness (QED) is 0.0355. The third-order valence-corrected chi connectivity index (χ3v) is 14.2. The molecule has 2 heterocycles. The summed E-state index contributed by atoms with van der Waals surface area (Å²) >= 11 is 0. The number of esters is 2. The zero-order chi connectivity index (χ0) is 41.2. The number of carbonyl (C=O) groups excluding carboxylic acids is 2. The van der Waals surface area contributed by atoms with E-state index in [0.717, 1.165) is 37.5 Å². The third-order valence-electron chi connectivity index (χ3n) is 8.11. The second-order valence-corrected chi connectivity index (χ2v) is 19.7. The maximum Gasteiger partial charge on any atom is 0.500 e. The lowest BCUT2D eigenvalue weighted by atomic mass is 9.88. The molecule has 0 amide bonds. The van der Waals surface area contributed by atoms with Crippen LogP contribution in [0.1, 0.15) is 46.0 Å². The van der Waals surface area contributed by atoms with E-state index >= 15 is 0 Å². The highest BCUT2D eigenvalue weighted by Gasteiger charge is 2.45. The van der Waals surface area contributed by atoms with Crippen LogP contribution in [0.5, 0.6) is 0 Å². The predicted octanol–water partition coefficient (Wildman–Crippen LogP) is 3.46. The van der Waals surface area contributed by atoms with Gasteiger partial charge in [-0.25, -0.2) is 14.2 Å². The highest BCUT2D eigenvalue weighted by molar-refractivity contribution is 7.46. The Morgan fingerprint density at radius 1 is 0.741 bits per heavy atom. The number of fused-ring (bicyclic) bond motifs is 1. The van der Waals surface area contributed by atoms with E-state index in [-0.39, 0.29) is 24.8 Å². The van der Waals surface area contributed by atoms with Crippen molar-refractivity contribution in [2.45, 2.75) is 76.4 Å². The summed E-state index contributed by atoms with van der Waals surface area (Å²) in [5.41, 5.74) is 0.632. The van der Waals surface area contributed by atoms with E-state index in [1.807, 2.05) is 0 Å². The standard InChI is InChI=1S/C11H22O4Si.C9H20O5Si.C7H12O3.C6H11O6P/c1-12-16(13-2,14-3)7-6-9-4-5-10-11(8-9)15-10;1-10-15(11-2,12-3)6-4-5-13-7-9-8-14-9;1-6(2)7(8)10-5-4-9-3;1-5(2)6(7)11-3-4-12-13(8,9)10/h9-11H,4-8H2,1-3H3;9H,4-8H2,1-3H3;1,4-5H2,2-3H3;1,3-4H2,2H3,(H2,8,9,10). The first-order valence-electron chi connectivity index (χ1n) is 17.5. The van der Waals surface area contributed by atoms with Crippen LogP contribution in [0.25, 0.3) is 0 Å². The minimum Gasteiger partial charge on any atom is -0.460 e. The van der Waals surface area contributed by atoms with Crippen LogP contribution < -0.4 is 0 Å². The Labute approximate surface area is 322 Å². The van der Waals surface area contributed by atoms with Gasteiger partial charge in [0, 0.05) is 79.6 Å². The number of phosphoric ester groups is 1. The summed E-state index contributed by atoms with van der Waals surface area (Å²) in [6.07, 6.45) is 7.22. The molecular weight excluding hydrogens is 771 g/mol.